The van der Waals surface area contributed by atoms with Crippen LogP contribution in [0, 0.1) is 0 Å². The van der Waals surface area contributed by atoms with E-state index < -0.39 is 0 Å². The first kappa shape index (κ1) is 6.79. The maximum atomic E-state index is 4.11. The average molecular weight is 212 g/mol. The normalized spacial score (nSPS) is 10.6. The highest BCUT2D eigenvalue weighted by Crippen LogP contribution is 2.15. The molecule has 2 heterocycles. The Hall–Kier alpha value is -0.900. The van der Waals surface area contributed by atoms with Gasteiger partial charge in [-0.05, 0) is 11.6 Å². The van der Waals surface area contributed by atoms with E-state index in [9.17, 15) is 0 Å². The summed E-state index contributed by atoms with van der Waals surface area (Å²) in [6.45, 7) is 0. The summed E-state index contributed by atoms with van der Waals surface area (Å²) in [5.41, 5.74) is 2.06. The molecule has 0 aliphatic rings. The zero-order valence-corrected chi connectivity index (χ0v) is 7.30. The average Bonchev–Trinajstić information content (AvgIpc) is 2.50. The molecule has 0 spiro atoms. The molecular weight excluding hydrogens is 206 g/mol. The molecule has 0 unspecified atom stereocenters. The zero-order valence-electron chi connectivity index (χ0n) is 5.71. The van der Waals surface area contributed by atoms with Crippen LogP contribution in [0.25, 0.3) is 11.0 Å². The third-order valence-corrected chi connectivity index (χ3v) is 2.19. The van der Waals surface area contributed by atoms with Crippen molar-refractivity contribution < 1.29 is 0 Å². The van der Waals surface area contributed by atoms with Crippen molar-refractivity contribution in [1.82, 2.24) is 15.2 Å². The quantitative estimate of drug-likeness (QED) is 0.733. The van der Waals surface area contributed by atoms with E-state index in [4.69, 9.17) is 0 Å². The van der Waals surface area contributed by atoms with Gasteiger partial charge >= 0.3 is 0 Å². The molecule has 56 valence electrons. The largest absolute Gasteiger partial charge is 0.261 e. The number of nitrogens with zero attached hydrogens (tertiary/aromatic N) is 2. The van der Waals surface area contributed by atoms with Gasteiger partial charge in [-0.1, -0.05) is 15.9 Å². The van der Waals surface area contributed by atoms with Crippen molar-refractivity contribution in [1.29, 1.82) is 0 Å². The molecule has 2 aromatic rings. The van der Waals surface area contributed by atoms with Gasteiger partial charge in [0.05, 0.1) is 6.20 Å². The van der Waals surface area contributed by atoms with Gasteiger partial charge in [-0.25, -0.2) is 4.98 Å². The summed E-state index contributed by atoms with van der Waals surface area (Å²) in [6, 6.07) is 1.98. The second-order valence-corrected chi connectivity index (χ2v) is 2.80. The second-order valence-electron chi connectivity index (χ2n) is 2.24. The van der Waals surface area contributed by atoms with Crippen LogP contribution >= 0.6 is 15.9 Å². The van der Waals surface area contributed by atoms with Gasteiger partial charge in [0, 0.05) is 16.9 Å². The van der Waals surface area contributed by atoms with E-state index in [2.05, 4.69) is 31.1 Å². The van der Waals surface area contributed by atoms with E-state index >= 15 is 0 Å². The van der Waals surface area contributed by atoms with Crippen LogP contribution in [0.2, 0.25) is 0 Å². The number of halogens is 1. The Labute approximate surface area is 72.0 Å². The first-order chi connectivity index (χ1) is 5.42. The highest BCUT2D eigenvalue weighted by atomic mass is 79.9. The van der Waals surface area contributed by atoms with E-state index in [-0.39, 0.29) is 0 Å². The number of pyridine rings is 1. The van der Waals surface area contributed by atoms with Crippen molar-refractivity contribution in [3.05, 3.63) is 24.0 Å². The van der Waals surface area contributed by atoms with Crippen molar-refractivity contribution in [2.24, 2.45) is 0 Å². The summed E-state index contributed by atoms with van der Waals surface area (Å²) in [5.74, 6) is 0. The maximum Gasteiger partial charge on any atom is 0.155 e. The van der Waals surface area contributed by atoms with Gasteiger partial charge in [0.2, 0.25) is 0 Å². The van der Waals surface area contributed by atoms with Crippen molar-refractivity contribution in [2.45, 2.75) is 5.33 Å². The van der Waals surface area contributed by atoms with Crippen molar-refractivity contribution >= 4 is 27.0 Å². The number of aromatic nitrogens is 3. The Morgan fingerprint density at radius 1 is 1.55 bits per heavy atom. The molecule has 11 heavy (non-hydrogen) atoms. The molecule has 3 nitrogen and oxygen atoms in total. The highest BCUT2D eigenvalue weighted by molar-refractivity contribution is 9.08. The molecule has 2 aromatic heterocycles. The minimum Gasteiger partial charge on any atom is -0.261 e. The van der Waals surface area contributed by atoms with Crippen LogP contribution in [0.4, 0.5) is 0 Å². The predicted molar refractivity (Wildman–Crippen MR) is 46.5 cm³/mol. The SMILES string of the molecule is BrCc1ccnc2[nH]ncc12. The van der Waals surface area contributed by atoms with Gasteiger partial charge in [0.25, 0.3) is 0 Å². The third-order valence-electron chi connectivity index (χ3n) is 1.59. The van der Waals surface area contributed by atoms with Crippen LogP contribution in [-0.2, 0) is 5.33 Å². The lowest BCUT2D eigenvalue weighted by atomic mass is 10.2. The maximum absolute atomic E-state index is 4.11. The van der Waals surface area contributed by atoms with E-state index in [0.717, 1.165) is 16.4 Å². The van der Waals surface area contributed by atoms with Crippen molar-refractivity contribution in [3.63, 3.8) is 0 Å². The molecule has 0 radical (unpaired) electrons. The smallest absolute Gasteiger partial charge is 0.155 e. The van der Waals surface area contributed by atoms with E-state index in [1.165, 1.54) is 5.56 Å². The summed E-state index contributed by atoms with van der Waals surface area (Å²) in [6.07, 6.45) is 3.57. The van der Waals surface area contributed by atoms with Gasteiger partial charge in [0.1, 0.15) is 0 Å². The number of aromatic amines is 1. The number of rotatable bonds is 1. The van der Waals surface area contributed by atoms with Crippen LogP contribution in [0.3, 0.4) is 0 Å². The van der Waals surface area contributed by atoms with Crippen LogP contribution in [0.5, 0.6) is 0 Å². The fourth-order valence-electron chi connectivity index (χ4n) is 1.02. The van der Waals surface area contributed by atoms with Crippen LogP contribution in [0.1, 0.15) is 5.56 Å². The molecule has 0 aliphatic carbocycles. The fraction of sp³-hybridized carbons (Fsp3) is 0.143. The highest BCUT2D eigenvalue weighted by Gasteiger charge is 2.00. The van der Waals surface area contributed by atoms with Gasteiger partial charge < -0.3 is 0 Å². The van der Waals surface area contributed by atoms with E-state index in [1.807, 2.05) is 6.07 Å². The number of hydrogen-bond acceptors (Lipinski definition) is 2. The van der Waals surface area contributed by atoms with E-state index in [1.54, 1.807) is 12.4 Å². The number of alkyl halides is 1. The predicted octanol–water partition coefficient (Wildman–Crippen LogP) is 1.85. The lowest BCUT2D eigenvalue weighted by Gasteiger charge is -1.93. The van der Waals surface area contributed by atoms with Crippen LogP contribution in [0.15, 0.2) is 18.5 Å². The fourth-order valence-corrected chi connectivity index (χ4v) is 1.51. The van der Waals surface area contributed by atoms with Gasteiger partial charge in [-0.15, -0.1) is 0 Å². The molecule has 0 amide bonds. The van der Waals surface area contributed by atoms with Gasteiger partial charge in [-0.3, -0.25) is 5.10 Å². The minimum absolute atomic E-state index is 0.839. The summed E-state index contributed by atoms with van der Waals surface area (Å²) < 4.78 is 0. The molecule has 0 saturated carbocycles. The summed E-state index contributed by atoms with van der Waals surface area (Å²) >= 11 is 3.39. The van der Waals surface area contributed by atoms with Crippen molar-refractivity contribution in [3.8, 4) is 0 Å². The first-order valence-electron chi connectivity index (χ1n) is 3.25. The Balaban J connectivity index is 2.79. The Kier molecular flexibility index (Phi) is 1.62. The summed E-state index contributed by atoms with van der Waals surface area (Å²) in [5, 5.41) is 8.64. The van der Waals surface area contributed by atoms with Gasteiger partial charge in [0.15, 0.2) is 5.65 Å². The number of hydrogen-bond donors (Lipinski definition) is 1. The molecule has 0 atom stereocenters. The molecule has 2 rings (SSSR count). The molecule has 0 saturated heterocycles. The number of H-pyrrole nitrogens is 1. The molecule has 0 aliphatic heterocycles. The first-order valence-corrected chi connectivity index (χ1v) is 4.37. The molecular formula is C7H6BrN3. The lowest BCUT2D eigenvalue weighted by molar-refractivity contribution is 1.10. The Morgan fingerprint density at radius 2 is 2.45 bits per heavy atom. The topological polar surface area (TPSA) is 41.6 Å². The van der Waals surface area contributed by atoms with Crippen LogP contribution < -0.4 is 0 Å². The molecule has 1 N–H and O–H groups in total. The van der Waals surface area contributed by atoms with Crippen LogP contribution in [-0.4, -0.2) is 15.2 Å². The minimum atomic E-state index is 0.839. The Bertz CT molecular complexity index is 368. The number of nitrogens with one attached hydrogen (secondary N) is 1. The van der Waals surface area contributed by atoms with E-state index in [0.29, 0.717) is 0 Å². The number of fused-ring (bicyclic) bond motifs is 1. The second kappa shape index (κ2) is 2.62. The standard InChI is InChI=1S/C7H6BrN3/c8-3-5-1-2-9-7-6(5)4-10-11-7/h1-2,4H,3H2,(H,9,10,11). The monoisotopic (exact) mass is 211 g/mol. The molecule has 0 aromatic carbocycles. The molecule has 4 heteroatoms. The zero-order chi connectivity index (χ0) is 7.68. The summed E-state index contributed by atoms with van der Waals surface area (Å²) in [7, 11) is 0. The molecule has 0 fully saturated rings. The molecule has 0 bridgehead atoms. The lowest BCUT2D eigenvalue weighted by Crippen LogP contribution is -1.81. The third kappa shape index (κ3) is 1.03. The van der Waals surface area contributed by atoms with Crippen molar-refractivity contribution in [2.75, 3.05) is 0 Å². The van der Waals surface area contributed by atoms with Gasteiger partial charge in [-0.2, -0.15) is 5.10 Å². The summed E-state index contributed by atoms with van der Waals surface area (Å²) in [4.78, 5) is 4.11. The Morgan fingerprint density at radius 3 is 3.27 bits per heavy atom.